The van der Waals surface area contributed by atoms with Gasteiger partial charge in [0.2, 0.25) is 5.91 Å². The molecule has 1 unspecified atom stereocenters. The highest BCUT2D eigenvalue weighted by atomic mass is 16.5. The number of benzene rings is 1. The van der Waals surface area contributed by atoms with Gasteiger partial charge in [-0.1, -0.05) is 29.8 Å². The Labute approximate surface area is 157 Å². The lowest BCUT2D eigenvalue weighted by molar-refractivity contribution is -0.128. The number of amides is 1. The van der Waals surface area contributed by atoms with Crippen molar-refractivity contribution in [3.63, 3.8) is 0 Å². The molecule has 0 bridgehead atoms. The Kier molecular flexibility index (Phi) is 4.72. The summed E-state index contributed by atoms with van der Waals surface area (Å²) in [5.41, 5.74) is 3.09. The first-order valence-electron chi connectivity index (χ1n) is 8.93. The Hall–Kier alpha value is -3.00. The maximum absolute atomic E-state index is 12.8. The second-order valence-electron chi connectivity index (χ2n) is 6.77. The molecule has 8 nitrogen and oxygen atoms in total. The maximum atomic E-state index is 12.8. The van der Waals surface area contributed by atoms with Gasteiger partial charge in [0.25, 0.3) is 5.78 Å². The van der Waals surface area contributed by atoms with E-state index in [1.165, 1.54) is 11.9 Å². The van der Waals surface area contributed by atoms with E-state index in [-0.39, 0.29) is 11.9 Å². The van der Waals surface area contributed by atoms with Crippen LogP contribution >= 0.6 is 0 Å². The number of methoxy groups -OCH3 is 1. The smallest absolute Gasteiger partial charge is 0.254 e. The molecular weight excluding hydrogens is 344 g/mol. The van der Waals surface area contributed by atoms with Crippen molar-refractivity contribution in [1.82, 2.24) is 24.5 Å². The highest BCUT2D eigenvalue weighted by molar-refractivity contribution is 5.86. The van der Waals surface area contributed by atoms with Crippen molar-refractivity contribution in [1.29, 1.82) is 0 Å². The molecule has 2 aromatic heterocycles. The fraction of sp³-hybridized carbons (Fsp3) is 0.368. The van der Waals surface area contributed by atoms with Crippen molar-refractivity contribution < 1.29 is 9.53 Å². The van der Waals surface area contributed by atoms with E-state index in [2.05, 4.69) is 51.6 Å². The van der Waals surface area contributed by atoms with E-state index in [4.69, 9.17) is 4.74 Å². The monoisotopic (exact) mass is 366 g/mol. The highest BCUT2D eigenvalue weighted by Gasteiger charge is 2.32. The van der Waals surface area contributed by atoms with Gasteiger partial charge >= 0.3 is 0 Å². The van der Waals surface area contributed by atoms with E-state index in [1.54, 1.807) is 11.6 Å². The first-order valence-corrected chi connectivity index (χ1v) is 8.93. The van der Waals surface area contributed by atoms with Gasteiger partial charge in [0, 0.05) is 26.3 Å². The van der Waals surface area contributed by atoms with Gasteiger partial charge in [-0.25, -0.2) is 4.98 Å². The highest BCUT2D eigenvalue weighted by Crippen LogP contribution is 2.20. The van der Waals surface area contributed by atoms with Gasteiger partial charge < -0.3 is 15.0 Å². The second-order valence-corrected chi connectivity index (χ2v) is 6.77. The average molecular weight is 366 g/mol. The van der Waals surface area contributed by atoms with Gasteiger partial charge in [-0.05, 0) is 18.9 Å². The summed E-state index contributed by atoms with van der Waals surface area (Å²) in [7, 11) is 1.62. The van der Waals surface area contributed by atoms with Crippen LogP contribution in [0.1, 0.15) is 23.2 Å². The first-order chi connectivity index (χ1) is 13.1. The van der Waals surface area contributed by atoms with E-state index < -0.39 is 0 Å². The lowest BCUT2D eigenvalue weighted by atomic mass is 10.1. The van der Waals surface area contributed by atoms with Crippen LogP contribution in [0.3, 0.4) is 0 Å². The van der Waals surface area contributed by atoms with Gasteiger partial charge in [0.1, 0.15) is 18.2 Å². The molecule has 4 rings (SSSR count). The minimum atomic E-state index is -0.291. The summed E-state index contributed by atoms with van der Waals surface area (Å²) in [6, 6.07) is 9.84. The summed E-state index contributed by atoms with van der Waals surface area (Å²) < 4.78 is 6.77. The predicted octanol–water partition coefficient (Wildman–Crippen LogP) is 1.79. The largest absolute Gasteiger partial charge is 0.378 e. The van der Waals surface area contributed by atoms with Crippen molar-refractivity contribution in [3.8, 4) is 0 Å². The fourth-order valence-electron chi connectivity index (χ4n) is 3.31. The summed E-state index contributed by atoms with van der Waals surface area (Å²) in [6.07, 6.45) is 2.19. The third-order valence-corrected chi connectivity index (χ3v) is 4.71. The van der Waals surface area contributed by atoms with Crippen LogP contribution < -0.4 is 5.32 Å². The summed E-state index contributed by atoms with van der Waals surface area (Å²) in [5.74, 6) is 1.27. The molecule has 1 atom stereocenters. The third kappa shape index (κ3) is 3.61. The number of nitrogens with zero attached hydrogens (tertiary/aromatic N) is 5. The average Bonchev–Trinajstić information content (AvgIpc) is 3.26. The van der Waals surface area contributed by atoms with E-state index in [1.807, 2.05) is 11.0 Å². The number of aromatic nitrogens is 4. The number of fused-ring (bicyclic) bond motifs is 1. The standard InChI is InChI=1S/C19H22N6O2/c1-13-3-5-14(6-4-13)10-24-8-7-16(18(24)26)23-17-9-15(11-27-2)22-19-20-12-21-25(17)19/h3-6,9,12,16,23H,7-8,10-11H2,1-2H3. The number of hydrogen-bond donors (Lipinski definition) is 1. The first kappa shape index (κ1) is 17.4. The molecule has 1 fully saturated rings. The van der Waals surface area contributed by atoms with Crippen LogP contribution in [0.15, 0.2) is 36.7 Å². The zero-order valence-electron chi connectivity index (χ0n) is 15.4. The van der Waals surface area contributed by atoms with Crippen LogP contribution in [0.2, 0.25) is 0 Å². The summed E-state index contributed by atoms with van der Waals surface area (Å²) >= 11 is 0. The number of likely N-dealkylation sites (tertiary alicyclic amines) is 1. The van der Waals surface area contributed by atoms with Gasteiger partial charge in [0.05, 0.1) is 12.3 Å². The van der Waals surface area contributed by atoms with Crippen LogP contribution in [-0.2, 0) is 22.7 Å². The molecule has 140 valence electrons. The molecule has 1 aromatic carbocycles. The van der Waals surface area contributed by atoms with Crippen molar-refractivity contribution >= 4 is 17.5 Å². The zero-order valence-corrected chi connectivity index (χ0v) is 15.4. The Morgan fingerprint density at radius 3 is 2.89 bits per heavy atom. The lowest BCUT2D eigenvalue weighted by Crippen LogP contribution is -2.33. The number of aryl methyl sites for hydroxylation is 1. The second kappa shape index (κ2) is 7.32. The van der Waals surface area contributed by atoms with Crippen LogP contribution in [-0.4, -0.2) is 50.1 Å². The van der Waals surface area contributed by atoms with Crippen molar-refractivity contribution in [2.24, 2.45) is 0 Å². The van der Waals surface area contributed by atoms with Crippen LogP contribution in [0.5, 0.6) is 0 Å². The molecule has 27 heavy (non-hydrogen) atoms. The minimum absolute atomic E-state index is 0.0916. The molecule has 1 aliphatic heterocycles. The third-order valence-electron chi connectivity index (χ3n) is 4.71. The van der Waals surface area contributed by atoms with Crippen LogP contribution in [0.25, 0.3) is 5.78 Å². The molecule has 0 radical (unpaired) electrons. The van der Waals surface area contributed by atoms with Gasteiger partial charge in [-0.3, -0.25) is 4.79 Å². The fourth-order valence-corrected chi connectivity index (χ4v) is 3.31. The van der Waals surface area contributed by atoms with E-state index >= 15 is 0 Å². The molecule has 1 amide bonds. The molecule has 3 aromatic rings. The molecule has 3 heterocycles. The molecule has 0 saturated carbocycles. The normalized spacial score (nSPS) is 17.0. The minimum Gasteiger partial charge on any atom is -0.378 e. The molecular formula is C19H22N6O2. The van der Waals surface area contributed by atoms with E-state index in [0.717, 1.165) is 24.2 Å². The summed E-state index contributed by atoms with van der Waals surface area (Å²) in [5, 5.41) is 7.51. The Bertz CT molecular complexity index is 952. The summed E-state index contributed by atoms with van der Waals surface area (Å²) in [6.45, 7) is 3.78. The Morgan fingerprint density at radius 1 is 1.30 bits per heavy atom. The molecule has 0 spiro atoms. The quantitative estimate of drug-likeness (QED) is 0.716. The number of anilines is 1. The number of carbonyl (C=O) groups is 1. The zero-order chi connectivity index (χ0) is 18.8. The number of rotatable bonds is 6. The topological polar surface area (TPSA) is 84.7 Å². The molecule has 0 aliphatic carbocycles. The van der Waals surface area contributed by atoms with Crippen LogP contribution in [0.4, 0.5) is 5.82 Å². The van der Waals surface area contributed by atoms with Gasteiger partial charge in [-0.15, -0.1) is 0 Å². The lowest BCUT2D eigenvalue weighted by Gasteiger charge is -2.18. The van der Waals surface area contributed by atoms with Crippen molar-refractivity contribution in [3.05, 3.63) is 53.5 Å². The van der Waals surface area contributed by atoms with Gasteiger partial charge in [0.15, 0.2) is 0 Å². The molecule has 1 saturated heterocycles. The summed E-state index contributed by atoms with van der Waals surface area (Å²) in [4.78, 5) is 23.3. The SMILES string of the molecule is COCc1cc(NC2CCN(Cc3ccc(C)cc3)C2=O)n2ncnc2n1. The molecule has 1 N–H and O–H groups in total. The van der Waals surface area contributed by atoms with Crippen molar-refractivity contribution in [2.45, 2.75) is 32.5 Å². The Balaban J connectivity index is 1.50. The van der Waals surface area contributed by atoms with Gasteiger partial charge in [-0.2, -0.15) is 14.6 Å². The number of hydrogen-bond acceptors (Lipinski definition) is 6. The number of carbonyl (C=O) groups excluding carboxylic acids is 1. The van der Waals surface area contributed by atoms with E-state index in [9.17, 15) is 4.79 Å². The predicted molar refractivity (Wildman–Crippen MR) is 100 cm³/mol. The number of nitrogens with one attached hydrogen (secondary N) is 1. The molecule has 1 aliphatic rings. The molecule has 8 heteroatoms. The Morgan fingerprint density at radius 2 is 2.11 bits per heavy atom. The van der Waals surface area contributed by atoms with Crippen molar-refractivity contribution in [2.75, 3.05) is 19.0 Å². The number of ether oxygens (including phenoxy) is 1. The van der Waals surface area contributed by atoms with Crippen LogP contribution in [0, 0.1) is 6.92 Å². The van der Waals surface area contributed by atoms with E-state index in [0.29, 0.717) is 24.7 Å². The maximum Gasteiger partial charge on any atom is 0.254 e.